The molecule has 0 bridgehead atoms. The third kappa shape index (κ3) is 14.1. The summed E-state index contributed by atoms with van der Waals surface area (Å²) in [5, 5.41) is 15.0. The van der Waals surface area contributed by atoms with Gasteiger partial charge in [-0.05, 0) is 75.1 Å². The van der Waals surface area contributed by atoms with Crippen molar-refractivity contribution in [1.29, 1.82) is 0 Å². The number of carbonyl (C=O) groups excluding carboxylic acids is 6. The number of unbranched alkanes of at least 4 members (excludes halogenated alkanes) is 2. The highest BCUT2D eigenvalue weighted by atomic mass is 35.5. The molecule has 4 atom stereocenters. The van der Waals surface area contributed by atoms with Crippen LogP contribution in [0.15, 0.2) is 48.5 Å². The van der Waals surface area contributed by atoms with Gasteiger partial charge in [0, 0.05) is 70.8 Å². The highest BCUT2D eigenvalue weighted by molar-refractivity contribution is 7.80. The van der Waals surface area contributed by atoms with E-state index in [1.54, 1.807) is 28.0 Å². The molecule has 2 heterocycles. The Labute approximate surface area is 351 Å². The molecule has 2 aromatic carbocycles. The number of hydrogen-bond acceptors (Lipinski definition) is 7. The van der Waals surface area contributed by atoms with E-state index in [0.29, 0.717) is 99.7 Å². The number of thiol groups is 1. The number of rotatable bonds is 18. The molecule has 2 saturated heterocycles. The summed E-state index contributed by atoms with van der Waals surface area (Å²) in [6.45, 7) is 5.71. The zero-order chi connectivity index (χ0) is 41.4. The molecule has 7 amide bonds. The van der Waals surface area contributed by atoms with Crippen molar-refractivity contribution in [1.82, 2.24) is 36.4 Å². The van der Waals surface area contributed by atoms with Gasteiger partial charge in [-0.2, -0.15) is 12.6 Å². The monoisotopic (exact) mass is 845 g/mol. The third-order valence-electron chi connectivity index (χ3n) is 10.5. The Balaban J connectivity index is 1.35. The average molecular weight is 847 g/mol. The van der Waals surface area contributed by atoms with E-state index < -0.39 is 23.5 Å². The number of nitrogens with one attached hydrogen (secondary N) is 5. The summed E-state index contributed by atoms with van der Waals surface area (Å²) in [7, 11) is 0. The molecule has 4 unspecified atom stereocenters. The minimum Gasteiger partial charge on any atom is -0.356 e. The van der Waals surface area contributed by atoms with Gasteiger partial charge in [0.15, 0.2) is 0 Å². The molecule has 2 aliphatic rings. The van der Waals surface area contributed by atoms with Gasteiger partial charge in [-0.15, -0.1) is 0 Å². The zero-order valence-corrected chi connectivity index (χ0v) is 35.3. The largest absolute Gasteiger partial charge is 0.356 e. The lowest BCUT2D eigenvalue weighted by atomic mass is 9.74. The second-order valence-corrected chi connectivity index (χ2v) is 16.2. The maximum atomic E-state index is 14.4. The van der Waals surface area contributed by atoms with E-state index in [0.717, 1.165) is 12.0 Å². The Morgan fingerprint density at radius 2 is 1.63 bits per heavy atom. The fraction of sp³-hybridized carbons (Fsp3) is 0.561. The van der Waals surface area contributed by atoms with Crippen molar-refractivity contribution in [2.75, 3.05) is 45.0 Å². The van der Waals surface area contributed by atoms with Crippen molar-refractivity contribution in [3.8, 4) is 0 Å². The van der Waals surface area contributed by atoms with Crippen LogP contribution in [0, 0.1) is 5.41 Å². The first-order chi connectivity index (χ1) is 27.3. The van der Waals surface area contributed by atoms with Gasteiger partial charge in [0.1, 0.15) is 12.1 Å². The Hall–Kier alpha value is -4.01. The van der Waals surface area contributed by atoms with Gasteiger partial charge in [-0.25, -0.2) is 4.79 Å². The van der Waals surface area contributed by atoms with Crippen LogP contribution in [0.4, 0.5) is 4.79 Å². The molecule has 13 nitrogen and oxygen atoms in total. The number of nitrogens with zero attached hydrogens (tertiary/aromatic N) is 2. The standard InChI is InChI=1S/C41H57Cl2N7O6S/c1-3-44-39(55)41(24-29-12-6-4-7-13-29)18-11-21-50(27-41)38(54)34(23-30-16-17-32(42)33(43)22-30)48-40(56)47-31-14-10-20-49(25-31)36(52)15-8-5-9-19-45-37(53)35(26-57)46-28(2)51/h4,6-7,12-13,16-17,22,31,34-35,57H,3,5,8-11,14-15,18-21,23-27H2,1-2H3,(H,44,55)(H,45,53)(H,46,51)(H2,47,48,56). The fourth-order valence-electron chi connectivity index (χ4n) is 7.60. The summed E-state index contributed by atoms with van der Waals surface area (Å²) >= 11 is 16.6. The SMILES string of the molecule is CCNC(=O)C1(Cc2ccccc2)CCCN(C(=O)C(Cc2ccc(Cl)c(Cl)c2)NC(=O)NC2CCCN(C(=O)CCCCCNC(=O)C(CS)NC(C)=O)C2)C1. The van der Waals surface area contributed by atoms with E-state index in [4.69, 9.17) is 23.2 Å². The van der Waals surface area contributed by atoms with Crippen LogP contribution < -0.4 is 26.6 Å². The van der Waals surface area contributed by atoms with Crippen LogP contribution in [-0.2, 0) is 36.8 Å². The van der Waals surface area contributed by atoms with Gasteiger partial charge in [-0.1, -0.05) is 66.0 Å². The van der Waals surface area contributed by atoms with E-state index in [1.165, 1.54) is 6.92 Å². The smallest absolute Gasteiger partial charge is 0.315 e. The Bertz CT molecular complexity index is 1700. The normalized spacial score (nSPS) is 19.1. The first-order valence-corrected chi connectivity index (χ1v) is 21.3. The van der Waals surface area contributed by atoms with Gasteiger partial charge in [-0.3, -0.25) is 24.0 Å². The molecule has 0 radical (unpaired) electrons. The molecule has 2 fully saturated rings. The van der Waals surface area contributed by atoms with Gasteiger partial charge >= 0.3 is 6.03 Å². The number of hydrogen-bond donors (Lipinski definition) is 6. The molecule has 4 rings (SSSR count). The van der Waals surface area contributed by atoms with Gasteiger partial charge in [0.05, 0.1) is 15.5 Å². The first-order valence-electron chi connectivity index (χ1n) is 19.9. The topological polar surface area (TPSA) is 169 Å². The maximum Gasteiger partial charge on any atom is 0.315 e. The van der Waals surface area contributed by atoms with Crippen LogP contribution >= 0.6 is 35.8 Å². The van der Waals surface area contributed by atoms with E-state index >= 15 is 0 Å². The molecular weight excluding hydrogens is 789 g/mol. The summed E-state index contributed by atoms with van der Waals surface area (Å²) in [6.07, 6.45) is 5.67. The van der Waals surface area contributed by atoms with Crippen LogP contribution in [-0.4, -0.2) is 109 Å². The molecule has 0 aliphatic carbocycles. The molecule has 0 spiro atoms. The minimum atomic E-state index is -0.968. The second-order valence-electron chi connectivity index (χ2n) is 15.0. The van der Waals surface area contributed by atoms with Crippen LogP contribution in [0.2, 0.25) is 10.0 Å². The molecule has 2 aliphatic heterocycles. The number of benzene rings is 2. The summed E-state index contributed by atoms with van der Waals surface area (Å²) in [5.41, 5.74) is 0.885. The number of halogens is 2. The number of urea groups is 1. The summed E-state index contributed by atoms with van der Waals surface area (Å²) in [5.74, 6) is -0.795. The van der Waals surface area contributed by atoms with Crippen molar-refractivity contribution in [2.24, 2.45) is 5.41 Å². The van der Waals surface area contributed by atoms with Crippen LogP contribution in [0.1, 0.15) is 76.3 Å². The molecule has 312 valence electrons. The van der Waals surface area contributed by atoms with Crippen molar-refractivity contribution >= 4 is 71.4 Å². The van der Waals surface area contributed by atoms with Crippen LogP contribution in [0.3, 0.4) is 0 Å². The summed E-state index contributed by atoms with van der Waals surface area (Å²) < 4.78 is 0. The van der Waals surface area contributed by atoms with Crippen LogP contribution in [0.5, 0.6) is 0 Å². The maximum absolute atomic E-state index is 14.4. The number of piperidine rings is 2. The summed E-state index contributed by atoms with van der Waals surface area (Å²) in [4.78, 5) is 81.8. The molecule has 16 heteroatoms. The van der Waals surface area contributed by atoms with Crippen LogP contribution in [0.25, 0.3) is 0 Å². The first kappa shape index (κ1) is 45.7. The second kappa shape index (κ2) is 22.8. The molecular formula is C41H57Cl2N7O6S. The van der Waals surface area contributed by atoms with Crippen molar-refractivity contribution in [2.45, 2.75) is 96.2 Å². The zero-order valence-electron chi connectivity index (χ0n) is 32.9. The Morgan fingerprint density at radius 1 is 0.877 bits per heavy atom. The Kier molecular flexibility index (Phi) is 18.3. The van der Waals surface area contributed by atoms with Crippen molar-refractivity contribution in [3.63, 3.8) is 0 Å². The van der Waals surface area contributed by atoms with E-state index in [1.807, 2.05) is 37.3 Å². The minimum absolute atomic E-state index is 0.00407. The summed E-state index contributed by atoms with van der Waals surface area (Å²) in [6, 6.07) is 12.4. The molecule has 57 heavy (non-hydrogen) atoms. The lowest BCUT2D eigenvalue weighted by molar-refractivity contribution is -0.143. The third-order valence-corrected chi connectivity index (χ3v) is 11.6. The Morgan fingerprint density at radius 3 is 2.33 bits per heavy atom. The fourth-order valence-corrected chi connectivity index (χ4v) is 8.18. The highest BCUT2D eigenvalue weighted by Gasteiger charge is 2.44. The van der Waals surface area contributed by atoms with Gasteiger partial charge in [0.2, 0.25) is 29.5 Å². The predicted octanol–water partition coefficient (Wildman–Crippen LogP) is 4.29. The van der Waals surface area contributed by atoms with E-state index in [9.17, 15) is 28.8 Å². The molecule has 0 aromatic heterocycles. The van der Waals surface area contributed by atoms with Crippen molar-refractivity contribution < 1.29 is 28.8 Å². The molecule has 5 N–H and O–H groups in total. The van der Waals surface area contributed by atoms with Gasteiger partial charge in [0.25, 0.3) is 0 Å². The van der Waals surface area contributed by atoms with Gasteiger partial charge < -0.3 is 36.4 Å². The number of amides is 7. The quantitative estimate of drug-likeness (QED) is 0.0967. The predicted molar refractivity (Wildman–Crippen MR) is 225 cm³/mol. The van der Waals surface area contributed by atoms with E-state index in [2.05, 4.69) is 39.2 Å². The average Bonchev–Trinajstić information content (AvgIpc) is 3.19. The number of carbonyl (C=O) groups is 6. The van der Waals surface area contributed by atoms with Crippen molar-refractivity contribution in [3.05, 3.63) is 69.7 Å². The lowest BCUT2D eigenvalue weighted by Crippen LogP contribution is -2.60. The number of likely N-dealkylation sites (tertiary alicyclic amines) is 2. The highest BCUT2D eigenvalue weighted by Crippen LogP contribution is 2.35. The lowest BCUT2D eigenvalue weighted by Gasteiger charge is -2.43. The van der Waals surface area contributed by atoms with E-state index in [-0.39, 0.29) is 54.3 Å². The molecule has 0 saturated carbocycles. The molecule has 2 aromatic rings.